The Morgan fingerprint density at radius 3 is 2.11 bits per heavy atom. The maximum atomic E-state index is 13.1. The molecule has 3 N–H and O–H groups in total. The SMILES string of the molecule is CC(C)(NC(=O)OCC1c2ccccc2-c2ccccc21)C(C)(C)C(=O)NC1COCC1C(=O)O. The summed E-state index contributed by atoms with van der Waals surface area (Å²) in [5.74, 6) is -2.25. The van der Waals surface area contributed by atoms with E-state index in [1.807, 2.05) is 24.3 Å². The average Bonchev–Trinajstić information content (AvgIpc) is 3.40. The van der Waals surface area contributed by atoms with E-state index in [-0.39, 0.29) is 31.6 Å². The minimum absolute atomic E-state index is 0.0576. The summed E-state index contributed by atoms with van der Waals surface area (Å²) in [6, 6.07) is 15.6. The van der Waals surface area contributed by atoms with Gasteiger partial charge in [0.1, 0.15) is 12.5 Å². The fourth-order valence-electron chi connectivity index (χ4n) is 4.62. The summed E-state index contributed by atoms with van der Waals surface area (Å²) in [4.78, 5) is 37.4. The summed E-state index contributed by atoms with van der Waals surface area (Å²) in [7, 11) is 0. The van der Waals surface area contributed by atoms with E-state index in [9.17, 15) is 19.5 Å². The van der Waals surface area contributed by atoms with Gasteiger partial charge >= 0.3 is 12.1 Å². The van der Waals surface area contributed by atoms with Crippen LogP contribution < -0.4 is 10.6 Å². The number of amides is 2. The van der Waals surface area contributed by atoms with Crippen molar-refractivity contribution in [1.82, 2.24) is 10.6 Å². The van der Waals surface area contributed by atoms with Crippen molar-refractivity contribution in [1.29, 1.82) is 0 Å². The Kier molecular flexibility index (Phi) is 6.60. The second-order valence-corrected chi connectivity index (χ2v) is 10.3. The number of hydrogen-bond donors (Lipinski definition) is 3. The predicted octanol–water partition coefficient (Wildman–Crippen LogP) is 3.55. The van der Waals surface area contributed by atoms with Crippen molar-refractivity contribution >= 4 is 18.0 Å². The van der Waals surface area contributed by atoms with E-state index >= 15 is 0 Å². The molecule has 0 saturated carbocycles. The number of fused-ring (bicyclic) bond motifs is 3. The highest BCUT2D eigenvalue weighted by Crippen LogP contribution is 2.44. The molecule has 8 nitrogen and oxygen atoms in total. The Morgan fingerprint density at radius 2 is 1.54 bits per heavy atom. The summed E-state index contributed by atoms with van der Waals surface area (Å²) < 4.78 is 10.9. The molecule has 0 radical (unpaired) electrons. The van der Waals surface area contributed by atoms with Gasteiger partial charge in [-0.1, -0.05) is 48.5 Å². The van der Waals surface area contributed by atoms with Crippen LogP contribution in [-0.4, -0.2) is 54.5 Å². The van der Waals surface area contributed by atoms with E-state index < -0.39 is 35.0 Å². The summed E-state index contributed by atoms with van der Waals surface area (Å²) in [6.07, 6.45) is -0.620. The number of benzene rings is 2. The molecule has 0 spiro atoms. The van der Waals surface area contributed by atoms with Crippen LogP contribution >= 0.6 is 0 Å². The highest BCUT2D eigenvalue weighted by molar-refractivity contribution is 5.85. The van der Waals surface area contributed by atoms with Crippen LogP contribution in [0.5, 0.6) is 0 Å². The smallest absolute Gasteiger partial charge is 0.407 e. The highest BCUT2D eigenvalue weighted by atomic mass is 16.5. The van der Waals surface area contributed by atoms with Gasteiger partial charge in [0.15, 0.2) is 0 Å². The van der Waals surface area contributed by atoms with E-state index in [4.69, 9.17) is 9.47 Å². The molecule has 2 aromatic rings. The number of aliphatic carboxylic acids is 1. The van der Waals surface area contributed by atoms with Gasteiger partial charge in [-0.15, -0.1) is 0 Å². The first kappa shape index (κ1) is 24.7. The molecule has 2 aromatic carbocycles. The fourth-order valence-corrected chi connectivity index (χ4v) is 4.62. The van der Waals surface area contributed by atoms with Crippen molar-refractivity contribution in [2.75, 3.05) is 19.8 Å². The third kappa shape index (κ3) is 4.62. The lowest BCUT2D eigenvalue weighted by Crippen LogP contribution is -2.61. The molecule has 186 valence electrons. The molecule has 1 aliphatic carbocycles. The zero-order valence-electron chi connectivity index (χ0n) is 20.5. The molecule has 1 heterocycles. The summed E-state index contributed by atoms with van der Waals surface area (Å²) in [6.45, 7) is 7.26. The minimum atomic E-state index is -1.07. The van der Waals surface area contributed by atoms with Crippen molar-refractivity contribution in [2.45, 2.75) is 45.2 Å². The largest absolute Gasteiger partial charge is 0.481 e. The van der Waals surface area contributed by atoms with E-state index in [1.54, 1.807) is 27.7 Å². The van der Waals surface area contributed by atoms with E-state index in [0.29, 0.717) is 0 Å². The van der Waals surface area contributed by atoms with Gasteiger partial charge in [-0.2, -0.15) is 0 Å². The lowest BCUT2D eigenvalue weighted by atomic mass is 9.73. The minimum Gasteiger partial charge on any atom is -0.481 e. The van der Waals surface area contributed by atoms with Crippen LogP contribution in [-0.2, 0) is 19.1 Å². The fraction of sp³-hybridized carbons (Fsp3) is 0.444. The predicted molar refractivity (Wildman–Crippen MR) is 130 cm³/mol. The Balaban J connectivity index is 1.40. The first-order chi connectivity index (χ1) is 16.5. The van der Waals surface area contributed by atoms with Crippen molar-refractivity contribution in [3.05, 3.63) is 59.7 Å². The normalized spacial score (nSPS) is 19.5. The van der Waals surface area contributed by atoms with Gasteiger partial charge in [0.2, 0.25) is 5.91 Å². The molecular formula is C27H32N2O6. The van der Waals surface area contributed by atoms with Crippen LogP contribution in [0.4, 0.5) is 4.79 Å². The summed E-state index contributed by atoms with van der Waals surface area (Å²) in [5, 5.41) is 15.0. The standard InChI is InChI=1S/C27H32N2O6/c1-26(2,24(32)28-22-15-34-13-21(22)23(30)31)27(3,4)29-25(33)35-14-20-18-11-7-5-9-16(18)17-10-6-8-12-19(17)20/h5-12,20-22H,13-15H2,1-4H3,(H,28,32)(H,29,33)(H,30,31). The maximum Gasteiger partial charge on any atom is 0.407 e. The topological polar surface area (TPSA) is 114 Å². The second kappa shape index (κ2) is 9.34. The van der Waals surface area contributed by atoms with Crippen molar-refractivity contribution in [2.24, 2.45) is 11.3 Å². The van der Waals surface area contributed by atoms with Gasteiger partial charge in [-0.3, -0.25) is 9.59 Å². The molecule has 1 saturated heterocycles. The number of carboxylic acid groups (broad SMARTS) is 1. The number of rotatable bonds is 7. The zero-order valence-corrected chi connectivity index (χ0v) is 20.5. The Bertz CT molecular complexity index is 1100. The lowest BCUT2D eigenvalue weighted by molar-refractivity contribution is -0.142. The van der Waals surface area contributed by atoms with Crippen LogP contribution in [0.25, 0.3) is 11.1 Å². The molecule has 4 rings (SSSR count). The molecule has 8 heteroatoms. The lowest BCUT2D eigenvalue weighted by Gasteiger charge is -2.41. The number of carbonyl (C=O) groups excluding carboxylic acids is 2. The van der Waals surface area contributed by atoms with Crippen molar-refractivity contribution < 1.29 is 29.0 Å². The molecule has 2 atom stereocenters. The number of ether oxygens (including phenoxy) is 2. The summed E-state index contributed by atoms with van der Waals surface area (Å²) in [5.41, 5.74) is 2.47. The van der Waals surface area contributed by atoms with Crippen LogP contribution in [0.2, 0.25) is 0 Å². The molecular weight excluding hydrogens is 448 g/mol. The third-order valence-electron chi connectivity index (χ3n) is 7.60. The molecule has 0 bridgehead atoms. The molecule has 1 aliphatic heterocycles. The molecule has 1 fully saturated rings. The van der Waals surface area contributed by atoms with Crippen LogP contribution in [0.3, 0.4) is 0 Å². The second-order valence-electron chi connectivity index (χ2n) is 10.3. The Morgan fingerprint density at radius 1 is 0.971 bits per heavy atom. The number of alkyl carbamates (subject to hydrolysis) is 1. The molecule has 2 unspecified atom stereocenters. The third-order valence-corrected chi connectivity index (χ3v) is 7.60. The van der Waals surface area contributed by atoms with Gasteiger partial charge in [-0.25, -0.2) is 4.79 Å². The highest BCUT2D eigenvalue weighted by Gasteiger charge is 2.47. The van der Waals surface area contributed by atoms with Gasteiger partial charge in [-0.05, 0) is 49.9 Å². The van der Waals surface area contributed by atoms with Gasteiger partial charge in [0, 0.05) is 5.92 Å². The molecule has 0 aromatic heterocycles. The Labute approximate surface area is 205 Å². The number of carboxylic acids is 1. The van der Waals surface area contributed by atoms with Crippen LogP contribution in [0.1, 0.15) is 44.7 Å². The average molecular weight is 481 g/mol. The number of nitrogens with one attached hydrogen (secondary N) is 2. The van der Waals surface area contributed by atoms with Crippen molar-refractivity contribution in [3.8, 4) is 11.1 Å². The molecule has 2 aliphatic rings. The number of carbonyl (C=O) groups is 3. The number of hydrogen-bond acceptors (Lipinski definition) is 5. The van der Waals surface area contributed by atoms with Gasteiger partial charge < -0.3 is 25.2 Å². The van der Waals surface area contributed by atoms with E-state index in [1.165, 1.54) is 0 Å². The Hall–Kier alpha value is -3.39. The van der Waals surface area contributed by atoms with Gasteiger partial charge in [0.25, 0.3) is 0 Å². The van der Waals surface area contributed by atoms with Crippen molar-refractivity contribution in [3.63, 3.8) is 0 Å². The molecule has 35 heavy (non-hydrogen) atoms. The zero-order chi connectivity index (χ0) is 25.4. The first-order valence-electron chi connectivity index (χ1n) is 11.8. The van der Waals surface area contributed by atoms with Crippen LogP contribution in [0, 0.1) is 11.3 Å². The van der Waals surface area contributed by atoms with Crippen LogP contribution in [0.15, 0.2) is 48.5 Å². The molecule has 2 amide bonds. The van der Waals surface area contributed by atoms with E-state index in [2.05, 4.69) is 34.9 Å². The maximum absolute atomic E-state index is 13.1. The summed E-state index contributed by atoms with van der Waals surface area (Å²) >= 11 is 0. The monoisotopic (exact) mass is 480 g/mol. The first-order valence-corrected chi connectivity index (χ1v) is 11.8. The van der Waals surface area contributed by atoms with Gasteiger partial charge in [0.05, 0.1) is 30.2 Å². The quantitative estimate of drug-likeness (QED) is 0.559. The van der Waals surface area contributed by atoms with E-state index in [0.717, 1.165) is 22.3 Å².